The summed E-state index contributed by atoms with van der Waals surface area (Å²) >= 11 is 0. The fourth-order valence-corrected chi connectivity index (χ4v) is 3.06. The summed E-state index contributed by atoms with van der Waals surface area (Å²) in [5.41, 5.74) is 3.05. The number of hydrogen-bond acceptors (Lipinski definition) is 5. The van der Waals surface area contributed by atoms with Gasteiger partial charge in [-0.05, 0) is 47.5 Å². The standard InChI is InChI=1S/C25H24O5/c1-27-19-10-5-17(6-11-19)7-14-23(26)22-15-21(24(29-3)16-25(22)30-4)18-8-12-20(28-2)13-9-18/h5-16H,1-4H3/b14-7+. The van der Waals surface area contributed by atoms with Gasteiger partial charge in [-0.15, -0.1) is 0 Å². The number of benzene rings is 3. The normalized spacial score (nSPS) is 10.7. The summed E-state index contributed by atoms with van der Waals surface area (Å²) in [6.45, 7) is 0. The Labute approximate surface area is 176 Å². The minimum Gasteiger partial charge on any atom is -0.497 e. The van der Waals surface area contributed by atoms with Gasteiger partial charge >= 0.3 is 0 Å². The van der Waals surface area contributed by atoms with Crippen molar-refractivity contribution in [3.8, 4) is 34.1 Å². The molecule has 0 unspecified atom stereocenters. The molecule has 0 saturated carbocycles. The van der Waals surface area contributed by atoms with Crippen molar-refractivity contribution in [2.75, 3.05) is 28.4 Å². The zero-order valence-corrected chi connectivity index (χ0v) is 17.5. The molecule has 5 nitrogen and oxygen atoms in total. The summed E-state index contributed by atoms with van der Waals surface area (Å²) in [5.74, 6) is 2.42. The number of carbonyl (C=O) groups excluding carboxylic acids is 1. The summed E-state index contributed by atoms with van der Waals surface area (Å²) in [6, 6.07) is 18.6. The Bertz CT molecular complexity index is 1030. The van der Waals surface area contributed by atoms with Crippen molar-refractivity contribution in [2.24, 2.45) is 0 Å². The molecule has 0 aliphatic carbocycles. The van der Waals surface area contributed by atoms with Crippen molar-refractivity contribution in [3.05, 3.63) is 77.9 Å². The van der Waals surface area contributed by atoms with Crippen LogP contribution in [0.15, 0.2) is 66.7 Å². The van der Waals surface area contributed by atoms with Crippen molar-refractivity contribution in [1.82, 2.24) is 0 Å². The van der Waals surface area contributed by atoms with Gasteiger partial charge in [-0.2, -0.15) is 0 Å². The van der Waals surface area contributed by atoms with Crippen LogP contribution in [0.5, 0.6) is 23.0 Å². The average Bonchev–Trinajstić information content (AvgIpc) is 2.82. The van der Waals surface area contributed by atoms with E-state index in [0.717, 1.165) is 28.2 Å². The van der Waals surface area contributed by atoms with Gasteiger partial charge in [0.25, 0.3) is 0 Å². The lowest BCUT2D eigenvalue weighted by molar-refractivity contribution is 0.104. The van der Waals surface area contributed by atoms with Crippen molar-refractivity contribution in [3.63, 3.8) is 0 Å². The SMILES string of the molecule is COc1ccc(/C=C/C(=O)c2cc(-c3ccc(OC)cc3)c(OC)cc2OC)cc1. The number of methoxy groups -OCH3 is 4. The predicted molar refractivity (Wildman–Crippen MR) is 118 cm³/mol. The van der Waals surface area contributed by atoms with E-state index < -0.39 is 0 Å². The van der Waals surface area contributed by atoms with Crippen molar-refractivity contribution >= 4 is 11.9 Å². The molecule has 0 bridgehead atoms. The molecule has 3 aromatic rings. The topological polar surface area (TPSA) is 54.0 Å². The van der Waals surface area contributed by atoms with E-state index in [1.54, 1.807) is 39.5 Å². The van der Waals surface area contributed by atoms with Gasteiger partial charge < -0.3 is 18.9 Å². The van der Waals surface area contributed by atoms with Gasteiger partial charge in [0, 0.05) is 11.6 Å². The summed E-state index contributed by atoms with van der Waals surface area (Å²) in [7, 11) is 6.36. The molecule has 0 radical (unpaired) electrons. The maximum absolute atomic E-state index is 13.0. The van der Waals surface area contributed by atoms with Crippen LogP contribution in [0.25, 0.3) is 17.2 Å². The molecule has 0 spiro atoms. The monoisotopic (exact) mass is 404 g/mol. The van der Waals surface area contributed by atoms with Crippen LogP contribution in [0.4, 0.5) is 0 Å². The third-order valence-corrected chi connectivity index (χ3v) is 4.73. The Hall–Kier alpha value is -3.73. The van der Waals surface area contributed by atoms with E-state index in [9.17, 15) is 4.79 Å². The van der Waals surface area contributed by atoms with Crippen LogP contribution in [0, 0.1) is 0 Å². The minimum absolute atomic E-state index is 0.167. The second-order valence-electron chi connectivity index (χ2n) is 6.45. The van der Waals surface area contributed by atoms with Gasteiger partial charge in [0.1, 0.15) is 23.0 Å². The summed E-state index contributed by atoms with van der Waals surface area (Å²) in [6.07, 6.45) is 3.29. The van der Waals surface area contributed by atoms with Gasteiger partial charge in [0.2, 0.25) is 0 Å². The van der Waals surface area contributed by atoms with Crippen LogP contribution in [0.3, 0.4) is 0 Å². The Morgan fingerprint density at radius 3 is 1.80 bits per heavy atom. The molecule has 0 amide bonds. The second-order valence-corrected chi connectivity index (χ2v) is 6.45. The Morgan fingerprint density at radius 1 is 0.700 bits per heavy atom. The van der Waals surface area contributed by atoms with Gasteiger partial charge in [0.05, 0.1) is 34.0 Å². The highest BCUT2D eigenvalue weighted by Crippen LogP contribution is 2.37. The van der Waals surface area contributed by atoms with Crippen LogP contribution in [-0.4, -0.2) is 34.2 Å². The first-order valence-electron chi connectivity index (χ1n) is 9.36. The second kappa shape index (κ2) is 9.65. The van der Waals surface area contributed by atoms with E-state index in [2.05, 4.69) is 0 Å². The third-order valence-electron chi connectivity index (χ3n) is 4.73. The van der Waals surface area contributed by atoms with Gasteiger partial charge in [0.15, 0.2) is 5.78 Å². The molecule has 0 heterocycles. The predicted octanol–water partition coefficient (Wildman–Crippen LogP) is 5.28. The van der Waals surface area contributed by atoms with Crippen LogP contribution in [-0.2, 0) is 0 Å². The summed E-state index contributed by atoms with van der Waals surface area (Å²) in [5, 5.41) is 0. The van der Waals surface area contributed by atoms with E-state index in [0.29, 0.717) is 17.1 Å². The molecule has 0 saturated heterocycles. The lowest BCUT2D eigenvalue weighted by Gasteiger charge is -2.14. The summed E-state index contributed by atoms with van der Waals surface area (Å²) < 4.78 is 21.4. The van der Waals surface area contributed by atoms with Crippen LogP contribution in [0.1, 0.15) is 15.9 Å². The van der Waals surface area contributed by atoms with E-state index in [1.807, 2.05) is 48.5 Å². The number of ether oxygens (including phenoxy) is 4. The van der Waals surface area contributed by atoms with Crippen LogP contribution >= 0.6 is 0 Å². The van der Waals surface area contributed by atoms with Crippen molar-refractivity contribution in [2.45, 2.75) is 0 Å². The molecule has 0 aliphatic rings. The zero-order chi connectivity index (χ0) is 21.5. The maximum Gasteiger partial charge on any atom is 0.189 e. The molecule has 30 heavy (non-hydrogen) atoms. The van der Waals surface area contributed by atoms with E-state index in [1.165, 1.54) is 13.2 Å². The molecular weight excluding hydrogens is 380 g/mol. The molecule has 0 fully saturated rings. The zero-order valence-electron chi connectivity index (χ0n) is 17.5. The fourth-order valence-electron chi connectivity index (χ4n) is 3.06. The molecule has 5 heteroatoms. The number of ketones is 1. The van der Waals surface area contributed by atoms with Gasteiger partial charge in [-0.3, -0.25) is 4.79 Å². The molecule has 3 rings (SSSR count). The van der Waals surface area contributed by atoms with Crippen LogP contribution in [0.2, 0.25) is 0 Å². The van der Waals surface area contributed by atoms with Gasteiger partial charge in [-0.25, -0.2) is 0 Å². The Balaban J connectivity index is 1.97. The highest BCUT2D eigenvalue weighted by atomic mass is 16.5. The van der Waals surface area contributed by atoms with E-state index in [4.69, 9.17) is 18.9 Å². The van der Waals surface area contributed by atoms with E-state index >= 15 is 0 Å². The fraction of sp³-hybridized carbons (Fsp3) is 0.160. The van der Waals surface area contributed by atoms with E-state index in [-0.39, 0.29) is 5.78 Å². The number of carbonyl (C=O) groups is 1. The lowest BCUT2D eigenvalue weighted by atomic mass is 9.98. The molecule has 0 aromatic heterocycles. The molecular formula is C25H24O5. The molecule has 0 atom stereocenters. The first kappa shape index (κ1) is 21.0. The number of rotatable bonds is 8. The smallest absolute Gasteiger partial charge is 0.189 e. The average molecular weight is 404 g/mol. The third kappa shape index (κ3) is 4.63. The lowest BCUT2D eigenvalue weighted by Crippen LogP contribution is -2.01. The van der Waals surface area contributed by atoms with Crippen molar-refractivity contribution in [1.29, 1.82) is 0 Å². The summed E-state index contributed by atoms with van der Waals surface area (Å²) in [4.78, 5) is 13.0. The first-order chi connectivity index (χ1) is 14.6. The van der Waals surface area contributed by atoms with Gasteiger partial charge in [-0.1, -0.05) is 30.3 Å². The highest BCUT2D eigenvalue weighted by molar-refractivity contribution is 6.09. The molecule has 0 aliphatic heterocycles. The Kier molecular flexibility index (Phi) is 6.75. The van der Waals surface area contributed by atoms with Crippen LogP contribution < -0.4 is 18.9 Å². The Morgan fingerprint density at radius 2 is 1.27 bits per heavy atom. The first-order valence-corrected chi connectivity index (χ1v) is 9.36. The largest absolute Gasteiger partial charge is 0.497 e. The quantitative estimate of drug-likeness (QED) is 0.377. The molecule has 154 valence electrons. The minimum atomic E-state index is -0.167. The number of allylic oxidation sites excluding steroid dienone is 1. The maximum atomic E-state index is 13.0. The highest BCUT2D eigenvalue weighted by Gasteiger charge is 2.17. The molecule has 0 N–H and O–H groups in total. The van der Waals surface area contributed by atoms with Crippen molar-refractivity contribution < 1.29 is 23.7 Å². The molecule has 3 aromatic carbocycles. The number of hydrogen-bond donors (Lipinski definition) is 0.